The van der Waals surface area contributed by atoms with Gasteiger partial charge < -0.3 is 9.47 Å². The van der Waals surface area contributed by atoms with Crippen molar-refractivity contribution in [3.8, 4) is 0 Å². The first kappa shape index (κ1) is 10.4. The minimum atomic E-state index is -0.243. The van der Waals surface area contributed by atoms with Crippen LogP contribution >= 0.6 is 0 Å². The third kappa shape index (κ3) is 2.10. The second kappa shape index (κ2) is 4.17. The van der Waals surface area contributed by atoms with E-state index in [1.807, 2.05) is 0 Å². The minimum absolute atomic E-state index is 0.240. The molecule has 2 aliphatic heterocycles. The molecule has 3 atom stereocenters. The van der Waals surface area contributed by atoms with Crippen molar-refractivity contribution in [2.75, 3.05) is 19.8 Å². The van der Waals surface area contributed by atoms with Crippen molar-refractivity contribution in [3.63, 3.8) is 0 Å². The van der Waals surface area contributed by atoms with E-state index in [0.29, 0.717) is 5.92 Å². The lowest BCUT2D eigenvalue weighted by molar-refractivity contribution is -0.190. The molecule has 0 amide bonds. The third-order valence-electron chi connectivity index (χ3n) is 3.26. The van der Waals surface area contributed by atoms with E-state index >= 15 is 0 Å². The molecule has 1 N–H and O–H groups in total. The van der Waals surface area contributed by atoms with Crippen LogP contribution in [0.5, 0.6) is 0 Å². The maximum atomic E-state index is 5.88. The molecule has 0 aromatic heterocycles. The normalized spacial score (nSPS) is 45.0. The highest BCUT2D eigenvalue weighted by atomic mass is 16.6. The van der Waals surface area contributed by atoms with Gasteiger partial charge in [0.1, 0.15) is 5.72 Å². The monoisotopic (exact) mass is 199 g/mol. The van der Waals surface area contributed by atoms with Crippen LogP contribution in [-0.4, -0.2) is 31.6 Å². The van der Waals surface area contributed by atoms with Crippen molar-refractivity contribution < 1.29 is 9.47 Å². The summed E-state index contributed by atoms with van der Waals surface area (Å²) in [7, 11) is 0. The predicted molar refractivity (Wildman–Crippen MR) is 55.1 cm³/mol. The Balaban J connectivity index is 1.93. The Kier molecular flexibility index (Phi) is 3.10. The molecule has 2 fully saturated rings. The Labute approximate surface area is 86.2 Å². The van der Waals surface area contributed by atoms with Crippen LogP contribution in [0, 0.1) is 5.92 Å². The zero-order chi connectivity index (χ0) is 10.0. The van der Waals surface area contributed by atoms with Gasteiger partial charge in [-0.15, -0.1) is 0 Å². The van der Waals surface area contributed by atoms with E-state index < -0.39 is 0 Å². The van der Waals surface area contributed by atoms with Gasteiger partial charge >= 0.3 is 0 Å². The number of hydrogen-bond donors (Lipinski definition) is 1. The predicted octanol–water partition coefficient (Wildman–Crippen LogP) is 1.53. The number of rotatable bonds is 1. The van der Waals surface area contributed by atoms with Gasteiger partial charge in [0.2, 0.25) is 0 Å². The van der Waals surface area contributed by atoms with Crippen LogP contribution < -0.4 is 5.32 Å². The Morgan fingerprint density at radius 1 is 1.36 bits per heavy atom. The minimum Gasteiger partial charge on any atom is -0.374 e. The van der Waals surface area contributed by atoms with E-state index in [1.54, 1.807) is 0 Å². The van der Waals surface area contributed by atoms with Crippen LogP contribution in [-0.2, 0) is 9.47 Å². The van der Waals surface area contributed by atoms with Crippen molar-refractivity contribution in [1.29, 1.82) is 0 Å². The summed E-state index contributed by atoms with van der Waals surface area (Å²) >= 11 is 0. The maximum Gasteiger partial charge on any atom is 0.142 e. The van der Waals surface area contributed by atoms with E-state index in [9.17, 15) is 0 Å². The Morgan fingerprint density at radius 3 is 2.79 bits per heavy atom. The summed E-state index contributed by atoms with van der Waals surface area (Å²) in [4.78, 5) is 0. The first-order chi connectivity index (χ1) is 6.71. The topological polar surface area (TPSA) is 30.5 Å². The lowest BCUT2D eigenvalue weighted by Gasteiger charge is -2.44. The van der Waals surface area contributed by atoms with Crippen LogP contribution in [0.3, 0.4) is 0 Å². The quantitative estimate of drug-likeness (QED) is 0.694. The highest BCUT2D eigenvalue weighted by molar-refractivity contribution is 4.88. The molecule has 0 aromatic rings. The van der Waals surface area contributed by atoms with Gasteiger partial charge in [-0.3, -0.25) is 5.32 Å². The molecular formula is C11H21NO2. The molecule has 3 heteroatoms. The maximum absolute atomic E-state index is 5.88. The molecule has 2 heterocycles. The van der Waals surface area contributed by atoms with Crippen LogP contribution in [0.2, 0.25) is 0 Å². The first-order valence-electron chi connectivity index (χ1n) is 5.71. The molecule has 3 unspecified atom stereocenters. The Bertz CT molecular complexity index is 182. The smallest absolute Gasteiger partial charge is 0.142 e. The molecule has 0 spiro atoms. The zero-order valence-electron chi connectivity index (χ0n) is 9.21. The third-order valence-corrected chi connectivity index (χ3v) is 3.26. The molecule has 0 bridgehead atoms. The molecule has 2 aliphatic rings. The number of hydrogen-bond acceptors (Lipinski definition) is 3. The van der Waals surface area contributed by atoms with Crippen LogP contribution in [0.15, 0.2) is 0 Å². The fraction of sp³-hybridized carbons (Fsp3) is 1.00. The first-order valence-corrected chi connectivity index (χ1v) is 5.71. The van der Waals surface area contributed by atoms with Crippen molar-refractivity contribution in [1.82, 2.24) is 5.32 Å². The van der Waals surface area contributed by atoms with E-state index in [-0.39, 0.29) is 11.8 Å². The molecule has 2 rings (SSSR count). The van der Waals surface area contributed by atoms with Gasteiger partial charge in [0.15, 0.2) is 0 Å². The summed E-state index contributed by atoms with van der Waals surface area (Å²) in [5, 5.41) is 3.47. The molecular weight excluding hydrogens is 178 g/mol. The lowest BCUT2D eigenvalue weighted by Crippen LogP contribution is -2.60. The van der Waals surface area contributed by atoms with Crippen LogP contribution in [0.4, 0.5) is 0 Å². The molecule has 2 saturated heterocycles. The second-order valence-corrected chi connectivity index (χ2v) is 4.76. The SMILES string of the molecule is CC1CNC(C)(C2CCCCO2)OC1. The summed E-state index contributed by atoms with van der Waals surface area (Å²) in [6, 6.07) is 0. The largest absolute Gasteiger partial charge is 0.374 e. The number of ether oxygens (including phenoxy) is 2. The molecule has 0 saturated carbocycles. The van der Waals surface area contributed by atoms with Crippen LogP contribution in [0.1, 0.15) is 33.1 Å². The highest BCUT2D eigenvalue weighted by Gasteiger charge is 2.39. The van der Waals surface area contributed by atoms with Gasteiger partial charge in [-0.1, -0.05) is 6.92 Å². The van der Waals surface area contributed by atoms with Crippen molar-refractivity contribution in [2.24, 2.45) is 5.92 Å². The fourth-order valence-corrected chi connectivity index (χ4v) is 2.18. The summed E-state index contributed by atoms with van der Waals surface area (Å²) < 4.78 is 11.6. The van der Waals surface area contributed by atoms with Crippen molar-refractivity contribution >= 4 is 0 Å². The van der Waals surface area contributed by atoms with Gasteiger partial charge in [0.25, 0.3) is 0 Å². The molecule has 82 valence electrons. The summed E-state index contributed by atoms with van der Waals surface area (Å²) in [6.07, 6.45) is 3.82. The van der Waals surface area contributed by atoms with Crippen LogP contribution in [0.25, 0.3) is 0 Å². The average Bonchev–Trinajstić information content (AvgIpc) is 2.24. The fourth-order valence-electron chi connectivity index (χ4n) is 2.18. The summed E-state index contributed by atoms with van der Waals surface area (Å²) in [6.45, 7) is 7.10. The standard InChI is InChI=1S/C11H21NO2/c1-9-7-12-11(2,14-8-9)10-5-3-4-6-13-10/h9-10,12H,3-8H2,1-2H3. The van der Waals surface area contributed by atoms with Crippen molar-refractivity contribution in [3.05, 3.63) is 0 Å². The molecule has 0 radical (unpaired) electrons. The van der Waals surface area contributed by atoms with E-state index in [0.717, 1.165) is 26.2 Å². The Hall–Kier alpha value is -0.120. The molecule has 3 nitrogen and oxygen atoms in total. The van der Waals surface area contributed by atoms with E-state index in [2.05, 4.69) is 19.2 Å². The van der Waals surface area contributed by atoms with E-state index in [1.165, 1.54) is 12.8 Å². The molecule has 0 aromatic carbocycles. The van der Waals surface area contributed by atoms with Gasteiger partial charge in [-0.05, 0) is 32.1 Å². The lowest BCUT2D eigenvalue weighted by atomic mass is 9.97. The highest BCUT2D eigenvalue weighted by Crippen LogP contribution is 2.27. The van der Waals surface area contributed by atoms with Gasteiger partial charge in [0, 0.05) is 13.2 Å². The zero-order valence-corrected chi connectivity index (χ0v) is 9.21. The van der Waals surface area contributed by atoms with Gasteiger partial charge in [-0.25, -0.2) is 0 Å². The molecule has 14 heavy (non-hydrogen) atoms. The summed E-state index contributed by atoms with van der Waals surface area (Å²) in [5.41, 5.74) is -0.243. The second-order valence-electron chi connectivity index (χ2n) is 4.76. The number of nitrogens with one attached hydrogen (secondary N) is 1. The summed E-state index contributed by atoms with van der Waals surface area (Å²) in [5.74, 6) is 0.617. The van der Waals surface area contributed by atoms with Gasteiger partial charge in [-0.2, -0.15) is 0 Å². The molecule has 0 aliphatic carbocycles. The van der Waals surface area contributed by atoms with Crippen molar-refractivity contribution in [2.45, 2.75) is 44.9 Å². The van der Waals surface area contributed by atoms with Gasteiger partial charge in [0.05, 0.1) is 12.7 Å². The average molecular weight is 199 g/mol. The Morgan fingerprint density at radius 2 is 2.21 bits per heavy atom. The van der Waals surface area contributed by atoms with E-state index in [4.69, 9.17) is 9.47 Å².